The van der Waals surface area contributed by atoms with Crippen LogP contribution in [0.4, 0.5) is 0 Å². The van der Waals surface area contributed by atoms with Crippen LogP contribution in [-0.4, -0.2) is 29.1 Å². The van der Waals surface area contributed by atoms with Crippen molar-refractivity contribution in [1.29, 1.82) is 0 Å². The summed E-state index contributed by atoms with van der Waals surface area (Å²) < 4.78 is 4.91. The Bertz CT molecular complexity index is 2510. The van der Waals surface area contributed by atoms with Gasteiger partial charge in [-0.3, -0.25) is 15.0 Å². The number of aromatic amines is 1. The first kappa shape index (κ1) is 30.8. The number of nitrogens with one attached hydrogen (secondary N) is 1. The van der Waals surface area contributed by atoms with Gasteiger partial charge >= 0.3 is 0 Å². The van der Waals surface area contributed by atoms with Crippen molar-refractivity contribution < 1.29 is 0 Å². The van der Waals surface area contributed by atoms with Gasteiger partial charge in [0.1, 0.15) is 6.67 Å². The number of rotatable bonds is 5. The van der Waals surface area contributed by atoms with Gasteiger partial charge in [-0.2, -0.15) is 0 Å². The predicted molar refractivity (Wildman–Crippen MR) is 206 cm³/mol. The number of hydrogen-bond acceptors (Lipinski definition) is 3. The lowest BCUT2D eigenvalue weighted by Gasteiger charge is -2.16. The Labute approximate surface area is 286 Å². The molecule has 0 aliphatic rings. The smallest absolute Gasteiger partial charge is 0.100 e. The van der Waals surface area contributed by atoms with Crippen molar-refractivity contribution >= 4 is 65.4 Å². The first-order valence-corrected chi connectivity index (χ1v) is 17.4. The molecule has 6 aromatic heterocycles. The number of hydrogen-bond donors (Lipinski definition) is 1. The molecule has 244 valence electrons. The maximum atomic E-state index is 4.82. The normalized spacial score (nSPS) is 12.1. The molecule has 0 radical (unpaired) electrons. The average Bonchev–Trinajstić information content (AvgIpc) is 3.77. The lowest BCUT2D eigenvalue weighted by molar-refractivity contribution is 0.669. The van der Waals surface area contributed by atoms with Crippen LogP contribution in [0.1, 0.15) is 76.4 Å². The summed E-state index contributed by atoms with van der Waals surface area (Å²) in [5.74, 6) is 1.11. The number of nitrogens with zero attached hydrogens (tertiary/aromatic N) is 5. The second kappa shape index (κ2) is 12.2. The Balaban J connectivity index is 0.000000182. The third-order valence-electron chi connectivity index (χ3n) is 9.80. The van der Waals surface area contributed by atoms with E-state index in [4.69, 9.17) is 9.97 Å². The molecule has 9 aromatic rings. The Hall–Kier alpha value is -5.49. The zero-order valence-corrected chi connectivity index (χ0v) is 29.1. The molecule has 49 heavy (non-hydrogen) atoms. The van der Waals surface area contributed by atoms with Gasteiger partial charge in [-0.25, -0.2) is 0 Å². The van der Waals surface area contributed by atoms with Gasteiger partial charge in [0.25, 0.3) is 0 Å². The predicted octanol–water partition coefficient (Wildman–Crippen LogP) is 11.3. The van der Waals surface area contributed by atoms with Crippen LogP contribution in [0.5, 0.6) is 0 Å². The summed E-state index contributed by atoms with van der Waals surface area (Å²) in [6.07, 6.45) is 5.81. The number of aromatic nitrogens is 6. The first-order chi connectivity index (χ1) is 23.8. The molecular formula is C43H42N6. The molecular weight excluding hydrogens is 601 g/mol. The van der Waals surface area contributed by atoms with Crippen molar-refractivity contribution in [2.75, 3.05) is 0 Å². The zero-order chi connectivity index (χ0) is 33.8. The highest BCUT2D eigenvalue weighted by Crippen LogP contribution is 2.37. The molecule has 6 heteroatoms. The summed E-state index contributed by atoms with van der Waals surface area (Å²) in [5, 5.41) is 7.65. The van der Waals surface area contributed by atoms with Gasteiger partial charge in [-0.05, 0) is 54.2 Å². The molecule has 0 atom stereocenters. The Kier molecular flexibility index (Phi) is 7.67. The highest BCUT2D eigenvalue weighted by molar-refractivity contribution is 6.11. The van der Waals surface area contributed by atoms with Gasteiger partial charge in [0.2, 0.25) is 0 Å². The van der Waals surface area contributed by atoms with Crippen LogP contribution in [0.3, 0.4) is 0 Å². The molecule has 1 N–H and O–H groups in total. The van der Waals surface area contributed by atoms with Crippen LogP contribution in [0.15, 0.2) is 110 Å². The minimum atomic E-state index is 0.336. The van der Waals surface area contributed by atoms with E-state index in [0.717, 1.165) is 17.1 Å². The fourth-order valence-corrected chi connectivity index (χ4v) is 7.57. The standard InChI is InChI=1S/C29H28N4.C14H14N2/c1-18(2)26-28-22(13-15-30-26)20-9-5-7-11-24(20)32(28)17-33-25-12-8-6-10-21(25)23-14-16-31-27(19(3)4)29(23)33;1-9(2)13-14-11(7-8-15-13)10-5-3-4-6-12(10)16-14/h5-16,18-19H,17H2,1-4H3;3-9,16H,1-2H3. The van der Waals surface area contributed by atoms with Crippen LogP contribution in [-0.2, 0) is 6.67 Å². The average molecular weight is 643 g/mol. The van der Waals surface area contributed by atoms with E-state index in [-0.39, 0.29) is 0 Å². The second-order valence-corrected chi connectivity index (χ2v) is 14.0. The third-order valence-corrected chi connectivity index (χ3v) is 9.80. The number of H-pyrrole nitrogens is 1. The lowest BCUT2D eigenvalue weighted by atomic mass is 10.1. The fourth-order valence-electron chi connectivity index (χ4n) is 7.57. The number of para-hydroxylation sites is 3. The topological polar surface area (TPSA) is 64.3 Å². The zero-order valence-electron chi connectivity index (χ0n) is 29.1. The molecule has 9 rings (SSSR count). The van der Waals surface area contributed by atoms with Crippen LogP contribution in [0.25, 0.3) is 65.4 Å². The van der Waals surface area contributed by atoms with E-state index in [1.165, 1.54) is 65.4 Å². The van der Waals surface area contributed by atoms with Gasteiger partial charge < -0.3 is 14.1 Å². The van der Waals surface area contributed by atoms with Crippen LogP contribution in [0.2, 0.25) is 0 Å². The van der Waals surface area contributed by atoms with Gasteiger partial charge in [0.15, 0.2) is 0 Å². The quantitative estimate of drug-likeness (QED) is 0.203. The molecule has 0 bridgehead atoms. The van der Waals surface area contributed by atoms with Crippen molar-refractivity contribution in [3.63, 3.8) is 0 Å². The SMILES string of the molecule is CC(C)c1nccc2c1[nH]c1ccccc12.CC(C)c1nccc2c3ccccc3n(Cn3c4ccccc4c4ccnc(C(C)C)c43)c12. The molecule has 0 saturated heterocycles. The summed E-state index contributed by atoms with van der Waals surface area (Å²) in [6.45, 7) is 14.0. The van der Waals surface area contributed by atoms with Crippen LogP contribution < -0.4 is 0 Å². The molecule has 0 aliphatic carbocycles. The van der Waals surface area contributed by atoms with E-state index >= 15 is 0 Å². The summed E-state index contributed by atoms with van der Waals surface area (Å²) in [5.41, 5.74) is 10.7. The molecule has 6 heterocycles. The van der Waals surface area contributed by atoms with Crippen LogP contribution in [0, 0.1) is 0 Å². The first-order valence-electron chi connectivity index (χ1n) is 17.4. The minimum Gasteiger partial charge on any atom is -0.353 e. The van der Waals surface area contributed by atoms with E-state index in [0.29, 0.717) is 24.4 Å². The van der Waals surface area contributed by atoms with Gasteiger partial charge in [0.05, 0.1) is 44.7 Å². The van der Waals surface area contributed by atoms with E-state index in [2.05, 4.69) is 152 Å². The third kappa shape index (κ3) is 5.05. The largest absolute Gasteiger partial charge is 0.353 e. The monoisotopic (exact) mass is 642 g/mol. The summed E-state index contributed by atoms with van der Waals surface area (Å²) in [7, 11) is 0. The Morgan fingerprint density at radius 3 is 1.41 bits per heavy atom. The van der Waals surface area contributed by atoms with Gasteiger partial charge in [0, 0.05) is 56.4 Å². The fraction of sp³-hybridized carbons (Fsp3) is 0.233. The van der Waals surface area contributed by atoms with Crippen molar-refractivity contribution in [1.82, 2.24) is 29.1 Å². The second-order valence-electron chi connectivity index (χ2n) is 14.0. The molecule has 3 aromatic carbocycles. The molecule has 0 saturated carbocycles. The van der Waals surface area contributed by atoms with Crippen molar-refractivity contribution in [3.8, 4) is 0 Å². The molecule has 0 unspecified atom stereocenters. The Morgan fingerprint density at radius 1 is 0.469 bits per heavy atom. The molecule has 0 fully saturated rings. The molecule has 0 aliphatic heterocycles. The summed E-state index contributed by atoms with van der Waals surface area (Å²) in [4.78, 5) is 17.6. The highest BCUT2D eigenvalue weighted by atomic mass is 15.2. The van der Waals surface area contributed by atoms with E-state index in [1.54, 1.807) is 0 Å². The van der Waals surface area contributed by atoms with E-state index in [9.17, 15) is 0 Å². The maximum absolute atomic E-state index is 4.82. The summed E-state index contributed by atoms with van der Waals surface area (Å²) >= 11 is 0. The molecule has 0 amide bonds. The van der Waals surface area contributed by atoms with Crippen LogP contribution >= 0.6 is 0 Å². The minimum absolute atomic E-state index is 0.336. The number of pyridine rings is 3. The van der Waals surface area contributed by atoms with Gasteiger partial charge in [-0.15, -0.1) is 0 Å². The lowest BCUT2D eigenvalue weighted by Crippen LogP contribution is -2.11. The highest BCUT2D eigenvalue weighted by Gasteiger charge is 2.21. The Morgan fingerprint density at radius 2 is 0.898 bits per heavy atom. The van der Waals surface area contributed by atoms with Crippen molar-refractivity contribution in [2.24, 2.45) is 0 Å². The molecule has 6 nitrogen and oxygen atoms in total. The summed E-state index contributed by atoms with van der Waals surface area (Å²) in [6, 6.07) is 32.2. The van der Waals surface area contributed by atoms with Crippen molar-refractivity contribution in [3.05, 3.63) is 127 Å². The maximum Gasteiger partial charge on any atom is 0.100 e. The van der Waals surface area contributed by atoms with E-state index < -0.39 is 0 Å². The molecule has 0 spiro atoms. The van der Waals surface area contributed by atoms with E-state index in [1.807, 2.05) is 18.6 Å². The number of fused-ring (bicyclic) bond motifs is 9. The number of benzene rings is 3. The van der Waals surface area contributed by atoms with Gasteiger partial charge in [-0.1, -0.05) is 96.1 Å². The van der Waals surface area contributed by atoms with Crippen molar-refractivity contribution in [2.45, 2.75) is 66.0 Å².